The molecule has 1 aliphatic rings. The van der Waals surface area contributed by atoms with E-state index in [1.54, 1.807) is 25.1 Å². The predicted octanol–water partition coefficient (Wildman–Crippen LogP) is 5.20. The smallest absolute Gasteiger partial charge is 0.248 e. The highest BCUT2D eigenvalue weighted by molar-refractivity contribution is 7.89. The zero-order valence-electron chi connectivity index (χ0n) is 20.6. The monoisotopic (exact) mass is 511 g/mol. The Morgan fingerprint density at radius 3 is 2.56 bits per heavy atom. The number of benzene rings is 2. The van der Waals surface area contributed by atoms with Crippen molar-refractivity contribution in [3.05, 3.63) is 76.4 Å². The van der Waals surface area contributed by atoms with Gasteiger partial charge in [0.15, 0.2) is 10.7 Å². The summed E-state index contributed by atoms with van der Waals surface area (Å²) in [5.41, 5.74) is 3.45. The summed E-state index contributed by atoms with van der Waals surface area (Å²) in [6.45, 7) is 5.97. The van der Waals surface area contributed by atoms with Crippen molar-refractivity contribution in [1.29, 1.82) is 0 Å². The van der Waals surface area contributed by atoms with Crippen LogP contribution in [0.1, 0.15) is 47.9 Å². The maximum Gasteiger partial charge on any atom is 0.248 e. The SMILES string of the molecule is CCc1cccc(C)c1NC(=O)C1CCN(S(=O)(=O)c2c(C)noc2/C=C/c2ccccc2F)CC1. The number of halogens is 1. The van der Waals surface area contributed by atoms with Crippen LogP contribution in [0.3, 0.4) is 0 Å². The fourth-order valence-electron chi connectivity index (χ4n) is 4.49. The minimum Gasteiger partial charge on any atom is -0.355 e. The first-order valence-electron chi connectivity index (χ1n) is 12.0. The predicted molar refractivity (Wildman–Crippen MR) is 137 cm³/mol. The largest absolute Gasteiger partial charge is 0.355 e. The topological polar surface area (TPSA) is 92.5 Å². The molecule has 0 atom stereocenters. The third-order valence-corrected chi connectivity index (χ3v) is 8.62. The molecule has 0 saturated carbocycles. The molecule has 1 amide bonds. The van der Waals surface area contributed by atoms with Crippen LogP contribution in [0.2, 0.25) is 0 Å². The molecule has 1 N–H and O–H groups in total. The lowest BCUT2D eigenvalue weighted by Gasteiger charge is -2.30. The van der Waals surface area contributed by atoms with Gasteiger partial charge in [-0.25, -0.2) is 12.8 Å². The molecule has 0 bridgehead atoms. The van der Waals surface area contributed by atoms with Gasteiger partial charge in [-0.3, -0.25) is 4.79 Å². The summed E-state index contributed by atoms with van der Waals surface area (Å²) >= 11 is 0. The number of hydrogen-bond acceptors (Lipinski definition) is 5. The average molecular weight is 512 g/mol. The molecule has 36 heavy (non-hydrogen) atoms. The lowest BCUT2D eigenvalue weighted by Crippen LogP contribution is -2.41. The number of hydrogen-bond donors (Lipinski definition) is 1. The van der Waals surface area contributed by atoms with Gasteiger partial charge in [0.2, 0.25) is 15.9 Å². The summed E-state index contributed by atoms with van der Waals surface area (Å²) in [6.07, 6.45) is 4.49. The summed E-state index contributed by atoms with van der Waals surface area (Å²) in [5.74, 6) is -0.760. The number of para-hydroxylation sites is 1. The Bertz CT molecular complexity index is 1390. The fourth-order valence-corrected chi connectivity index (χ4v) is 6.21. The van der Waals surface area contributed by atoms with Crippen molar-refractivity contribution >= 4 is 33.8 Å². The number of aromatic nitrogens is 1. The Morgan fingerprint density at radius 1 is 1.14 bits per heavy atom. The number of aryl methyl sites for hydroxylation is 3. The third kappa shape index (κ3) is 5.27. The van der Waals surface area contributed by atoms with Crippen LogP contribution in [-0.4, -0.2) is 36.9 Å². The molecule has 3 aromatic rings. The van der Waals surface area contributed by atoms with E-state index in [1.165, 1.54) is 22.5 Å². The summed E-state index contributed by atoms with van der Waals surface area (Å²) in [4.78, 5) is 12.9. The van der Waals surface area contributed by atoms with Crippen LogP contribution in [0, 0.1) is 25.6 Å². The van der Waals surface area contributed by atoms with E-state index in [4.69, 9.17) is 4.52 Å². The molecule has 4 rings (SSSR count). The van der Waals surface area contributed by atoms with E-state index in [0.717, 1.165) is 23.2 Å². The molecule has 1 fully saturated rings. The second-order valence-corrected chi connectivity index (χ2v) is 10.8. The van der Waals surface area contributed by atoms with Crippen LogP contribution in [0.25, 0.3) is 12.2 Å². The second kappa shape index (κ2) is 10.8. The highest BCUT2D eigenvalue weighted by Gasteiger charge is 2.36. The Morgan fingerprint density at radius 2 is 1.86 bits per heavy atom. The van der Waals surface area contributed by atoms with Gasteiger partial charge in [-0.05, 0) is 62.5 Å². The highest BCUT2D eigenvalue weighted by Crippen LogP contribution is 2.30. The van der Waals surface area contributed by atoms with Crippen LogP contribution in [0.4, 0.5) is 10.1 Å². The van der Waals surface area contributed by atoms with Crippen LogP contribution >= 0.6 is 0 Å². The van der Waals surface area contributed by atoms with Crippen molar-refractivity contribution in [2.45, 2.75) is 44.9 Å². The Balaban J connectivity index is 1.47. The maximum atomic E-state index is 14.0. The normalized spacial score (nSPS) is 15.4. The molecular weight excluding hydrogens is 481 g/mol. The van der Waals surface area contributed by atoms with E-state index in [1.807, 2.05) is 32.0 Å². The number of sulfonamides is 1. The quantitative estimate of drug-likeness (QED) is 0.471. The van der Waals surface area contributed by atoms with Gasteiger partial charge < -0.3 is 9.84 Å². The highest BCUT2D eigenvalue weighted by atomic mass is 32.2. The molecule has 7 nitrogen and oxygen atoms in total. The lowest BCUT2D eigenvalue weighted by atomic mass is 9.96. The summed E-state index contributed by atoms with van der Waals surface area (Å²) < 4.78 is 47.6. The molecule has 190 valence electrons. The Hall–Kier alpha value is -3.30. The Labute approximate surface area is 211 Å². The average Bonchev–Trinajstić information content (AvgIpc) is 3.25. The van der Waals surface area contributed by atoms with E-state index in [-0.39, 0.29) is 41.3 Å². The van der Waals surface area contributed by atoms with Crippen molar-refractivity contribution in [3.63, 3.8) is 0 Å². The van der Waals surface area contributed by atoms with Gasteiger partial charge in [-0.2, -0.15) is 4.31 Å². The van der Waals surface area contributed by atoms with E-state index in [9.17, 15) is 17.6 Å². The molecule has 2 heterocycles. The zero-order chi connectivity index (χ0) is 25.9. The molecule has 1 aliphatic heterocycles. The van der Waals surface area contributed by atoms with Gasteiger partial charge in [0, 0.05) is 30.3 Å². The van der Waals surface area contributed by atoms with Gasteiger partial charge in [0.25, 0.3) is 0 Å². The van der Waals surface area contributed by atoms with E-state index in [2.05, 4.69) is 10.5 Å². The molecule has 1 saturated heterocycles. The first-order valence-corrected chi connectivity index (χ1v) is 13.4. The van der Waals surface area contributed by atoms with Crippen molar-refractivity contribution in [2.75, 3.05) is 18.4 Å². The van der Waals surface area contributed by atoms with Crippen molar-refractivity contribution in [2.24, 2.45) is 5.92 Å². The minimum atomic E-state index is -3.92. The number of carbonyl (C=O) groups is 1. The zero-order valence-corrected chi connectivity index (χ0v) is 21.4. The van der Waals surface area contributed by atoms with Crippen molar-refractivity contribution < 1.29 is 22.1 Å². The number of rotatable bonds is 7. The summed E-state index contributed by atoms with van der Waals surface area (Å²) in [5, 5.41) is 6.90. The summed E-state index contributed by atoms with van der Waals surface area (Å²) in [6, 6.07) is 12.1. The van der Waals surface area contributed by atoms with Gasteiger partial charge in [0.05, 0.1) is 0 Å². The first kappa shape index (κ1) is 25.8. The van der Waals surface area contributed by atoms with Gasteiger partial charge in [-0.1, -0.05) is 48.5 Å². The second-order valence-electron chi connectivity index (χ2n) is 8.95. The van der Waals surface area contributed by atoms with E-state index in [0.29, 0.717) is 18.4 Å². The van der Waals surface area contributed by atoms with Crippen molar-refractivity contribution in [3.8, 4) is 0 Å². The number of amides is 1. The standard InChI is InChI=1S/C27H30FN3O4S/c1-4-20-10-7-8-18(2)25(20)29-27(32)22-14-16-31(17-15-22)36(33,34)26-19(3)30-35-24(26)13-12-21-9-5-6-11-23(21)28/h5-13,22H,4,14-17H2,1-3H3,(H,29,32)/b13-12+. The molecule has 0 radical (unpaired) electrons. The lowest BCUT2D eigenvalue weighted by molar-refractivity contribution is -0.120. The van der Waals surface area contributed by atoms with Gasteiger partial charge in [0.1, 0.15) is 11.5 Å². The van der Waals surface area contributed by atoms with E-state index >= 15 is 0 Å². The minimum absolute atomic E-state index is 0.0366. The molecule has 2 aromatic carbocycles. The molecule has 0 aliphatic carbocycles. The maximum absolute atomic E-state index is 14.0. The number of nitrogens with one attached hydrogen (secondary N) is 1. The summed E-state index contributed by atoms with van der Waals surface area (Å²) in [7, 11) is -3.92. The van der Waals surface area contributed by atoms with Crippen molar-refractivity contribution in [1.82, 2.24) is 9.46 Å². The molecular formula is C27H30FN3O4S. The van der Waals surface area contributed by atoms with Gasteiger partial charge in [-0.15, -0.1) is 0 Å². The van der Waals surface area contributed by atoms with Crippen LogP contribution in [-0.2, 0) is 21.2 Å². The molecule has 9 heteroatoms. The molecule has 1 aromatic heterocycles. The number of nitrogens with zero attached hydrogens (tertiary/aromatic N) is 2. The van der Waals surface area contributed by atoms with Crippen LogP contribution < -0.4 is 5.32 Å². The van der Waals surface area contributed by atoms with Crippen LogP contribution in [0.5, 0.6) is 0 Å². The number of carbonyl (C=O) groups excluding carboxylic acids is 1. The van der Waals surface area contributed by atoms with E-state index < -0.39 is 15.8 Å². The first-order chi connectivity index (χ1) is 17.2. The number of anilines is 1. The third-order valence-electron chi connectivity index (χ3n) is 6.56. The van der Waals surface area contributed by atoms with Gasteiger partial charge >= 0.3 is 0 Å². The molecule has 0 unspecified atom stereocenters. The Kier molecular flexibility index (Phi) is 7.70. The fraction of sp³-hybridized carbons (Fsp3) is 0.333. The molecule has 0 spiro atoms. The van der Waals surface area contributed by atoms with Crippen LogP contribution in [0.15, 0.2) is 51.9 Å². The number of piperidine rings is 1.